The molecule has 6 nitrogen and oxygen atoms in total. The SMILES string of the molecule is CNCCC(F)(F)CCc1ccc2cc(-c3ccc(CNC(=O)/C=C/c4ccc(N)nc4)o3)c(Cl)cc2c1. The lowest BCUT2D eigenvalue weighted by Crippen LogP contribution is -2.23. The van der Waals surface area contributed by atoms with Gasteiger partial charge in [0, 0.05) is 37.2 Å². The third kappa shape index (κ3) is 7.40. The first kappa shape index (κ1) is 27.3. The summed E-state index contributed by atoms with van der Waals surface area (Å²) < 4.78 is 34.0. The molecular weight excluding hydrogens is 510 g/mol. The van der Waals surface area contributed by atoms with E-state index in [-0.39, 0.29) is 38.3 Å². The van der Waals surface area contributed by atoms with Gasteiger partial charge in [0.1, 0.15) is 17.3 Å². The maximum absolute atomic E-state index is 14.0. The Balaban J connectivity index is 1.39. The third-order valence-corrected chi connectivity index (χ3v) is 6.42. The fourth-order valence-corrected chi connectivity index (χ4v) is 4.23. The van der Waals surface area contributed by atoms with E-state index in [2.05, 4.69) is 15.6 Å². The molecule has 38 heavy (non-hydrogen) atoms. The Morgan fingerprint density at radius 1 is 1.11 bits per heavy atom. The predicted octanol–water partition coefficient (Wildman–Crippen LogP) is 6.24. The van der Waals surface area contributed by atoms with Crippen LogP contribution in [-0.4, -0.2) is 30.4 Å². The summed E-state index contributed by atoms with van der Waals surface area (Å²) in [5.41, 5.74) is 7.86. The van der Waals surface area contributed by atoms with Crippen molar-refractivity contribution in [1.29, 1.82) is 0 Å². The van der Waals surface area contributed by atoms with Gasteiger partial charge in [-0.2, -0.15) is 0 Å². The van der Waals surface area contributed by atoms with Gasteiger partial charge in [0.2, 0.25) is 11.8 Å². The van der Waals surface area contributed by atoms with E-state index in [1.165, 1.54) is 6.08 Å². The van der Waals surface area contributed by atoms with Gasteiger partial charge >= 0.3 is 0 Å². The molecule has 0 aliphatic rings. The lowest BCUT2D eigenvalue weighted by Gasteiger charge is -2.16. The lowest BCUT2D eigenvalue weighted by molar-refractivity contribution is -0.116. The van der Waals surface area contributed by atoms with E-state index >= 15 is 0 Å². The number of aryl methyl sites for hydroxylation is 1. The molecule has 4 N–H and O–H groups in total. The fourth-order valence-electron chi connectivity index (χ4n) is 3.96. The summed E-state index contributed by atoms with van der Waals surface area (Å²) in [5.74, 6) is -1.44. The minimum atomic E-state index is -2.71. The van der Waals surface area contributed by atoms with Gasteiger partial charge < -0.3 is 20.8 Å². The summed E-state index contributed by atoms with van der Waals surface area (Å²) in [7, 11) is 1.67. The second kappa shape index (κ2) is 12.2. The van der Waals surface area contributed by atoms with Crippen LogP contribution in [0.1, 0.15) is 29.7 Å². The van der Waals surface area contributed by atoms with Gasteiger partial charge in [0.25, 0.3) is 0 Å². The van der Waals surface area contributed by atoms with Crippen molar-refractivity contribution in [2.24, 2.45) is 0 Å². The van der Waals surface area contributed by atoms with E-state index in [1.54, 1.807) is 43.6 Å². The summed E-state index contributed by atoms with van der Waals surface area (Å²) in [6, 6.07) is 16.4. The standard InChI is InChI=1S/C29H29ClF2N4O2/c1-34-13-12-29(31,32)11-10-19-2-5-21-15-24(25(30)16-22(21)14-19)26-7-6-23(38-26)18-36-28(37)9-4-20-3-8-27(33)35-17-20/h2-9,14-17,34H,10-13,18H2,1H3,(H2,33,35)(H,36,37)/b9-4+. The van der Waals surface area contributed by atoms with Crippen molar-refractivity contribution < 1.29 is 18.0 Å². The largest absolute Gasteiger partial charge is 0.459 e. The zero-order valence-corrected chi connectivity index (χ0v) is 21.7. The number of anilines is 1. The molecule has 2 aromatic carbocycles. The number of fused-ring (bicyclic) bond motifs is 1. The molecule has 198 valence electrons. The number of pyridine rings is 1. The Morgan fingerprint density at radius 3 is 2.71 bits per heavy atom. The normalized spacial score (nSPS) is 11.9. The Morgan fingerprint density at radius 2 is 1.95 bits per heavy atom. The van der Waals surface area contributed by atoms with E-state index in [9.17, 15) is 13.6 Å². The van der Waals surface area contributed by atoms with Crippen molar-refractivity contribution in [3.8, 4) is 11.3 Å². The van der Waals surface area contributed by atoms with Crippen molar-refractivity contribution in [3.05, 3.63) is 88.8 Å². The van der Waals surface area contributed by atoms with Crippen LogP contribution in [-0.2, 0) is 17.8 Å². The minimum Gasteiger partial charge on any atom is -0.459 e. The average molecular weight is 539 g/mol. The summed E-state index contributed by atoms with van der Waals surface area (Å²) in [5, 5.41) is 7.82. The quantitative estimate of drug-likeness (QED) is 0.197. The van der Waals surface area contributed by atoms with Crippen LogP contribution in [0.4, 0.5) is 14.6 Å². The van der Waals surface area contributed by atoms with Crippen molar-refractivity contribution >= 4 is 40.2 Å². The number of nitrogens with two attached hydrogens (primary N) is 1. The molecule has 4 rings (SSSR count). The van der Waals surface area contributed by atoms with Crippen LogP contribution in [0.25, 0.3) is 28.2 Å². The summed E-state index contributed by atoms with van der Waals surface area (Å²) >= 11 is 6.56. The maximum Gasteiger partial charge on any atom is 0.249 e. The van der Waals surface area contributed by atoms with Crippen molar-refractivity contribution in [1.82, 2.24) is 15.6 Å². The molecule has 2 aromatic heterocycles. The molecule has 0 atom stereocenters. The number of alkyl halides is 2. The number of aromatic nitrogens is 1. The number of nitrogens with zero attached hydrogens (tertiary/aromatic N) is 1. The highest BCUT2D eigenvalue weighted by Crippen LogP contribution is 2.34. The van der Waals surface area contributed by atoms with Crippen molar-refractivity contribution in [3.63, 3.8) is 0 Å². The number of halogens is 3. The number of benzene rings is 2. The van der Waals surface area contributed by atoms with Gasteiger partial charge in [-0.25, -0.2) is 13.8 Å². The Hall–Kier alpha value is -3.75. The maximum atomic E-state index is 14.0. The molecule has 0 bridgehead atoms. The number of nitrogen functional groups attached to an aromatic ring is 1. The number of hydrogen-bond acceptors (Lipinski definition) is 5. The molecule has 9 heteroatoms. The highest BCUT2D eigenvalue weighted by molar-refractivity contribution is 6.34. The van der Waals surface area contributed by atoms with Gasteiger partial charge in [0.15, 0.2) is 0 Å². The lowest BCUT2D eigenvalue weighted by atomic mass is 9.99. The number of furan rings is 1. The van der Waals surface area contributed by atoms with E-state index < -0.39 is 5.92 Å². The molecule has 1 amide bonds. The Kier molecular flexibility index (Phi) is 8.76. The number of nitrogens with one attached hydrogen (secondary N) is 2. The molecule has 0 radical (unpaired) electrons. The summed E-state index contributed by atoms with van der Waals surface area (Å²) in [6.45, 7) is 0.486. The second-order valence-corrected chi connectivity index (χ2v) is 9.46. The highest BCUT2D eigenvalue weighted by atomic mass is 35.5. The topological polar surface area (TPSA) is 93.2 Å². The Labute approximate surface area is 224 Å². The number of amides is 1. The van der Waals surface area contributed by atoms with Crippen LogP contribution in [0.2, 0.25) is 5.02 Å². The fraction of sp³-hybridized carbons (Fsp3) is 0.241. The molecule has 2 heterocycles. The first-order chi connectivity index (χ1) is 18.2. The monoisotopic (exact) mass is 538 g/mol. The van der Waals surface area contributed by atoms with Crippen molar-refractivity contribution in [2.45, 2.75) is 31.7 Å². The van der Waals surface area contributed by atoms with E-state index in [0.29, 0.717) is 27.9 Å². The van der Waals surface area contributed by atoms with Crippen molar-refractivity contribution in [2.75, 3.05) is 19.3 Å². The third-order valence-electron chi connectivity index (χ3n) is 6.11. The van der Waals surface area contributed by atoms with Crippen LogP contribution >= 0.6 is 11.6 Å². The van der Waals surface area contributed by atoms with Crippen LogP contribution in [0, 0.1) is 0 Å². The molecule has 0 unspecified atom stereocenters. The van der Waals surface area contributed by atoms with Crippen LogP contribution in [0.5, 0.6) is 0 Å². The first-order valence-electron chi connectivity index (χ1n) is 12.2. The summed E-state index contributed by atoms with van der Waals surface area (Å²) in [6.07, 6.45) is 4.54. The minimum absolute atomic E-state index is 0.181. The number of rotatable bonds is 11. The second-order valence-electron chi connectivity index (χ2n) is 9.06. The molecule has 0 aliphatic carbocycles. The van der Waals surface area contributed by atoms with Gasteiger partial charge in [-0.15, -0.1) is 0 Å². The van der Waals surface area contributed by atoms with E-state index in [0.717, 1.165) is 21.9 Å². The average Bonchev–Trinajstić information content (AvgIpc) is 3.37. The highest BCUT2D eigenvalue weighted by Gasteiger charge is 2.27. The molecule has 0 saturated heterocycles. The molecule has 4 aromatic rings. The summed E-state index contributed by atoms with van der Waals surface area (Å²) in [4.78, 5) is 16.1. The van der Waals surface area contributed by atoms with Gasteiger partial charge in [-0.3, -0.25) is 4.79 Å². The zero-order valence-electron chi connectivity index (χ0n) is 20.9. The first-order valence-corrected chi connectivity index (χ1v) is 12.6. The Bertz CT molecular complexity index is 1430. The van der Waals surface area contributed by atoms with Crippen LogP contribution in [0.15, 0.2) is 71.3 Å². The predicted molar refractivity (Wildman–Crippen MR) is 148 cm³/mol. The van der Waals surface area contributed by atoms with Crippen LogP contribution in [0.3, 0.4) is 0 Å². The van der Waals surface area contributed by atoms with Gasteiger partial charge in [-0.1, -0.05) is 29.8 Å². The van der Waals surface area contributed by atoms with Gasteiger partial charge in [0.05, 0.1) is 11.6 Å². The molecular formula is C29H29ClF2N4O2. The van der Waals surface area contributed by atoms with E-state index in [1.807, 2.05) is 30.3 Å². The number of carbonyl (C=O) groups excluding carboxylic acids is 1. The van der Waals surface area contributed by atoms with E-state index in [4.69, 9.17) is 21.8 Å². The van der Waals surface area contributed by atoms with Gasteiger partial charge in [-0.05, 0) is 77.8 Å². The smallest absolute Gasteiger partial charge is 0.249 e. The molecule has 0 aliphatic heterocycles. The molecule has 0 spiro atoms. The number of carbonyl (C=O) groups is 1. The molecule has 0 saturated carbocycles. The van der Waals surface area contributed by atoms with Crippen LogP contribution < -0.4 is 16.4 Å². The zero-order chi connectivity index (χ0) is 27.1. The molecule has 0 fully saturated rings. The number of hydrogen-bond donors (Lipinski definition) is 3.